The molecule has 0 bridgehead atoms. The van der Waals surface area contributed by atoms with Crippen LogP contribution in [0.1, 0.15) is 18.4 Å². The van der Waals surface area contributed by atoms with E-state index in [1.165, 1.54) is 16.3 Å². The van der Waals surface area contributed by atoms with Crippen molar-refractivity contribution >= 4 is 10.8 Å². The van der Waals surface area contributed by atoms with Crippen molar-refractivity contribution in [2.75, 3.05) is 26.9 Å². The largest absolute Gasteiger partial charge is 0.497 e. The van der Waals surface area contributed by atoms with E-state index in [4.69, 9.17) is 9.47 Å². The van der Waals surface area contributed by atoms with Gasteiger partial charge in [0.15, 0.2) is 0 Å². The molecule has 0 radical (unpaired) electrons. The van der Waals surface area contributed by atoms with Gasteiger partial charge in [0, 0.05) is 39.1 Å². The predicted octanol–water partition coefficient (Wildman–Crippen LogP) is 2.48. The average Bonchev–Trinajstić information content (AvgIpc) is 2.55. The summed E-state index contributed by atoms with van der Waals surface area (Å²) < 4.78 is 10.5. The van der Waals surface area contributed by atoms with E-state index in [0.29, 0.717) is 32.6 Å². The van der Waals surface area contributed by atoms with E-state index in [1.807, 2.05) is 12.1 Å². The summed E-state index contributed by atoms with van der Waals surface area (Å²) in [5, 5.41) is 16.2. The van der Waals surface area contributed by atoms with Gasteiger partial charge in [0.05, 0.1) is 12.7 Å². The smallest absolute Gasteiger partial charge is 0.119 e. The number of rotatable bonds is 5. The Hall–Kier alpha value is -1.62. The zero-order chi connectivity index (χ0) is 15.4. The lowest BCUT2D eigenvalue weighted by Crippen LogP contribution is -2.44. The summed E-state index contributed by atoms with van der Waals surface area (Å²) >= 11 is 0. The van der Waals surface area contributed by atoms with Crippen LogP contribution >= 0.6 is 0 Å². The molecule has 0 unspecified atom stereocenters. The molecule has 0 atom stereocenters. The molecule has 0 aliphatic carbocycles. The molecule has 2 aromatic rings. The number of ether oxygens (including phenoxy) is 2. The third kappa shape index (κ3) is 3.58. The van der Waals surface area contributed by atoms with Crippen molar-refractivity contribution < 1.29 is 14.6 Å². The summed E-state index contributed by atoms with van der Waals surface area (Å²) in [4.78, 5) is 0. The summed E-state index contributed by atoms with van der Waals surface area (Å²) in [6.07, 6.45) is 1.41. The summed E-state index contributed by atoms with van der Waals surface area (Å²) in [6.45, 7) is 2.66. The molecule has 0 spiro atoms. The second-order valence-electron chi connectivity index (χ2n) is 5.99. The first-order chi connectivity index (χ1) is 10.7. The third-order valence-corrected chi connectivity index (χ3v) is 4.32. The molecule has 22 heavy (non-hydrogen) atoms. The molecule has 1 heterocycles. The monoisotopic (exact) mass is 301 g/mol. The quantitative estimate of drug-likeness (QED) is 0.891. The van der Waals surface area contributed by atoms with E-state index >= 15 is 0 Å². The fraction of sp³-hybridized carbons (Fsp3) is 0.444. The van der Waals surface area contributed by atoms with Gasteiger partial charge in [0.1, 0.15) is 5.75 Å². The second-order valence-corrected chi connectivity index (χ2v) is 5.99. The molecule has 1 aliphatic rings. The molecule has 0 saturated carbocycles. The Balaban J connectivity index is 1.61. The Kier molecular flexibility index (Phi) is 4.62. The van der Waals surface area contributed by atoms with Gasteiger partial charge in [-0.2, -0.15) is 0 Å². The minimum atomic E-state index is -0.623. The van der Waals surface area contributed by atoms with Crippen LogP contribution in [-0.2, 0) is 11.3 Å². The predicted molar refractivity (Wildman–Crippen MR) is 87.2 cm³/mol. The van der Waals surface area contributed by atoms with Crippen LogP contribution in [0.4, 0.5) is 0 Å². The number of benzene rings is 2. The number of fused-ring (bicyclic) bond motifs is 1. The highest BCUT2D eigenvalue weighted by Gasteiger charge is 2.28. The van der Waals surface area contributed by atoms with E-state index in [9.17, 15) is 5.11 Å². The molecule has 3 rings (SSSR count). The van der Waals surface area contributed by atoms with Crippen LogP contribution in [0.2, 0.25) is 0 Å². The number of nitrogens with one attached hydrogen (secondary N) is 1. The van der Waals surface area contributed by atoms with Crippen LogP contribution in [0.25, 0.3) is 10.8 Å². The lowest BCUT2D eigenvalue weighted by atomic mass is 9.94. The average molecular weight is 301 g/mol. The van der Waals surface area contributed by atoms with Crippen molar-refractivity contribution in [1.29, 1.82) is 0 Å². The molecule has 1 fully saturated rings. The van der Waals surface area contributed by atoms with Crippen LogP contribution in [0.15, 0.2) is 36.4 Å². The van der Waals surface area contributed by atoms with Gasteiger partial charge in [-0.25, -0.2) is 0 Å². The highest BCUT2D eigenvalue weighted by Crippen LogP contribution is 2.22. The molecular formula is C18H23NO3. The van der Waals surface area contributed by atoms with Gasteiger partial charge in [-0.15, -0.1) is 0 Å². The lowest BCUT2D eigenvalue weighted by molar-refractivity contribution is -0.0617. The van der Waals surface area contributed by atoms with Crippen molar-refractivity contribution in [2.45, 2.75) is 25.0 Å². The SMILES string of the molecule is COc1ccc2cc(CNCC3(O)CCOCC3)ccc2c1. The Labute approximate surface area is 131 Å². The molecule has 1 aliphatic heterocycles. The maximum Gasteiger partial charge on any atom is 0.119 e. The minimum Gasteiger partial charge on any atom is -0.497 e. The maximum absolute atomic E-state index is 10.4. The van der Waals surface area contributed by atoms with E-state index in [2.05, 4.69) is 29.6 Å². The Morgan fingerprint density at radius 3 is 2.64 bits per heavy atom. The van der Waals surface area contributed by atoms with Crippen molar-refractivity contribution in [1.82, 2.24) is 5.32 Å². The van der Waals surface area contributed by atoms with Crippen LogP contribution < -0.4 is 10.1 Å². The minimum absolute atomic E-state index is 0.608. The summed E-state index contributed by atoms with van der Waals surface area (Å²) in [5.74, 6) is 0.875. The second kappa shape index (κ2) is 6.65. The molecule has 0 aromatic heterocycles. The lowest BCUT2D eigenvalue weighted by Gasteiger charge is -2.32. The van der Waals surface area contributed by atoms with Crippen molar-refractivity contribution in [3.63, 3.8) is 0 Å². The fourth-order valence-electron chi connectivity index (χ4n) is 2.88. The summed E-state index contributed by atoms with van der Waals surface area (Å²) in [6, 6.07) is 12.5. The fourth-order valence-corrected chi connectivity index (χ4v) is 2.88. The molecule has 0 amide bonds. The van der Waals surface area contributed by atoms with Crippen LogP contribution in [0.3, 0.4) is 0 Å². The van der Waals surface area contributed by atoms with Crippen molar-refractivity contribution in [3.8, 4) is 5.75 Å². The van der Waals surface area contributed by atoms with Gasteiger partial charge in [0.2, 0.25) is 0 Å². The Bertz CT molecular complexity index is 635. The Morgan fingerprint density at radius 2 is 1.86 bits per heavy atom. The molecule has 118 valence electrons. The summed E-state index contributed by atoms with van der Waals surface area (Å²) in [7, 11) is 1.68. The first-order valence-corrected chi connectivity index (χ1v) is 7.76. The molecule has 2 N–H and O–H groups in total. The zero-order valence-corrected chi connectivity index (χ0v) is 13.0. The van der Waals surface area contributed by atoms with E-state index in [0.717, 1.165) is 12.3 Å². The van der Waals surface area contributed by atoms with Gasteiger partial charge in [-0.05, 0) is 34.5 Å². The molecular weight excluding hydrogens is 278 g/mol. The van der Waals surface area contributed by atoms with Gasteiger partial charge >= 0.3 is 0 Å². The summed E-state index contributed by atoms with van der Waals surface area (Å²) in [5.41, 5.74) is 0.593. The van der Waals surface area contributed by atoms with Crippen LogP contribution in [-0.4, -0.2) is 37.6 Å². The number of aliphatic hydroxyl groups is 1. The molecule has 4 nitrogen and oxygen atoms in total. The molecule has 4 heteroatoms. The maximum atomic E-state index is 10.4. The van der Waals surface area contributed by atoms with E-state index in [1.54, 1.807) is 7.11 Å². The first kappa shape index (κ1) is 15.3. The Morgan fingerprint density at radius 1 is 1.14 bits per heavy atom. The number of hydrogen-bond donors (Lipinski definition) is 2. The van der Waals surface area contributed by atoms with Gasteiger partial charge < -0.3 is 19.9 Å². The standard InChI is InChI=1S/C18H23NO3/c1-21-17-5-4-15-10-14(2-3-16(15)11-17)12-19-13-18(20)6-8-22-9-7-18/h2-5,10-11,19-20H,6-9,12-13H2,1H3. The van der Waals surface area contributed by atoms with Crippen molar-refractivity contribution in [3.05, 3.63) is 42.0 Å². The molecule has 2 aromatic carbocycles. The van der Waals surface area contributed by atoms with Gasteiger partial charge in [0.25, 0.3) is 0 Å². The first-order valence-electron chi connectivity index (χ1n) is 7.76. The van der Waals surface area contributed by atoms with Crippen molar-refractivity contribution in [2.24, 2.45) is 0 Å². The number of hydrogen-bond acceptors (Lipinski definition) is 4. The van der Waals surface area contributed by atoms with Gasteiger partial charge in [-0.1, -0.05) is 18.2 Å². The third-order valence-electron chi connectivity index (χ3n) is 4.32. The number of methoxy groups -OCH3 is 1. The molecule has 1 saturated heterocycles. The topological polar surface area (TPSA) is 50.7 Å². The highest BCUT2D eigenvalue weighted by atomic mass is 16.5. The van der Waals surface area contributed by atoms with Crippen LogP contribution in [0, 0.1) is 0 Å². The zero-order valence-electron chi connectivity index (χ0n) is 13.0. The highest BCUT2D eigenvalue weighted by molar-refractivity contribution is 5.84. The van der Waals surface area contributed by atoms with E-state index in [-0.39, 0.29) is 0 Å². The van der Waals surface area contributed by atoms with E-state index < -0.39 is 5.60 Å². The van der Waals surface area contributed by atoms with Gasteiger partial charge in [-0.3, -0.25) is 0 Å². The normalized spacial score (nSPS) is 17.5. The van der Waals surface area contributed by atoms with Crippen LogP contribution in [0.5, 0.6) is 5.75 Å².